The first-order valence-electron chi connectivity index (χ1n) is 8.37. The smallest absolute Gasteiger partial charge is 0.237 e. The lowest BCUT2D eigenvalue weighted by Crippen LogP contribution is -2.32. The Morgan fingerprint density at radius 3 is 3.00 bits per heavy atom. The van der Waals surface area contributed by atoms with E-state index in [1.807, 2.05) is 30.0 Å². The Balaban J connectivity index is 1.65. The molecule has 0 atom stereocenters. The first-order chi connectivity index (χ1) is 11.7. The predicted molar refractivity (Wildman–Crippen MR) is 97.3 cm³/mol. The summed E-state index contributed by atoms with van der Waals surface area (Å²) in [5.41, 5.74) is 2.99. The number of thioether (sulfide) groups is 1. The Labute approximate surface area is 146 Å². The van der Waals surface area contributed by atoms with E-state index >= 15 is 0 Å². The summed E-state index contributed by atoms with van der Waals surface area (Å²) in [5.74, 6) is 1.33. The van der Waals surface area contributed by atoms with E-state index in [1.54, 1.807) is 7.11 Å². The highest BCUT2D eigenvalue weighted by Gasteiger charge is 2.18. The second-order valence-corrected chi connectivity index (χ2v) is 6.76. The van der Waals surface area contributed by atoms with Crippen molar-refractivity contribution in [2.45, 2.75) is 37.8 Å². The van der Waals surface area contributed by atoms with Gasteiger partial charge in [0.1, 0.15) is 5.75 Å². The summed E-state index contributed by atoms with van der Waals surface area (Å²) in [5, 5.41) is 0.764. The Kier molecular flexibility index (Phi) is 5.45. The summed E-state index contributed by atoms with van der Waals surface area (Å²) in [4.78, 5) is 22.3. The Morgan fingerprint density at radius 1 is 1.42 bits per heavy atom. The molecular formula is C18H23N3O2S. The maximum Gasteiger partial charge on any atom is 0.237 e. The molecule has 1 aromatic carbocycles. The van der Waals surface area contributed by atoms with Crippen LogP contribution >= 0.6 is 11.8 Å². The van der Waals surface area contributed by atoms with Gasteiger partial charge in [0.2, 0.25) is 5.91 Å². The number of hydrogen-bond acceptors (Lipinski definition) is 4. The number of nitrogens with one attached hydrogen (secondary N) is 1. The van der Waals surface area contributed by atoms with Crippen LogP contribution in [0.4, 0.5) is 0 Å². The average molecular weight is 345 g/mol. The number of imidazole rings is 1. The fourth-order valence-electron chi connectivity index (χ4n) is 2.97. The molecule has 1 heterocycles. The van der Waals surface area contributed by atoms with Crippen LogP contribution in [0.5, 0.6) is 5.75 Å². The summed E-state index contributed by atoms with van der Waals surface area (Å²) in [7, 11) is 1.64. The lowest BCUT2D eigenvalue weighted by molar-refractivity contribution is -0.126. The molecular weight excluding hydrogens is 322 g/mol. The molecule has 2 aromatic rings. The highest BCUT2D eigenvalue weighted by atomic mass is 32.2. The van der Waals surface area contributed by atoms with Gasteiger partial charge in [0.25, 0.3) is 0 Å². The zero-order valence-corrected chi connectivity index (χ0v) is 15.0. The first-order valence-corrected chi connectivity index (χ1v) is 9.35. The number of hydrogen-bond donors (Lipinski definition) is 1. The third-order valence-corrected chi connectivity index (χ3v) is 5.09. The van der Waals surface area contributed by atoms with Gasteiger partial charge in [-0.2, -0.15) is 0 Å². The van der Waals surface area contributed by atoms with Crippen molar-refractivity contribution in [1.29, 1.82) is 0 Å². The monoisotopic (exact) mass is 345 g/mol. The van der Waals surface area contributed by atoms with Gasteiger partial charge < -0.3 is 14.6 Å². The molecule has 6 heteroatoms. The minimum absolute atomic E-state index is 0.147. The minimum Gasteiger partial charge on any atom is -0.497 e. The predicted octanol–water partition coefficient (Wildman–Crippen LogP) is 3.97. The zero-order valence-electron chi connectivity index (χ0n) is 14.2. The van der Waals surface area contributed by atoms with Gasteiger partial charge in [0.05, 0.1) is 23.9 Å². The van der Waals surface area contributed by atoms with Gasteiger partial charge in [-0.05, 0) is 44.7 Å². The van der Waals surface area contributed by atoms with E-state index in [0.29, 0.717) is 5.75 Å². The standard InChI is InChI=1S/C18H23N3O2S/c1-3-21(13-7-5-4-6-8-13)17(22)12-24-18-19-15-10-9-14(23-2)11-16(15)20-18/h7,9-11H,3-6,8,12H2,1-2H3,(H,19,20). The molecule has 1 aliphatic rings. The second-order valence-electron chi connectivity index (χ2n) is 5.79. The third-order valence-electron chi connectivity index (χ3n) is 4.23. The van der Waals surface area contributed by atoms with Crippen LogP contribution in [-0.4, -0.2) is 40.2 Å². The molecule has 5 nitrogen and oxygen atoms in total. The van der Waals surface area contributed by atoms with Crippen LogP contribution in [0, 0.1) is 0 Å². The number of H-pyrrole nitrogens is 1. The second kappa shape index (κ2) is 7.75. The van der Waals surface area contributed by atoms with Crippen molar-refractivity contribution in [3.05, 3.63) is 30.0 Å². The Bertz CT molecular complexity index is 754. The van der Waals surface area contributed by atoms with E-state index in [4.69, 9.17) is 4.74 Å². The number of carbonyl (C=O) groups is 1. The Morgan fingerprint density at radius 2 is 2.29 bits per heavy atom. The Hall–Kier alpha value is -1.95. The van der Waals surface area contributed by atoms with Crippen molar-refractivity contribution in [1.82, 2.24) is 14.9 Å². The number of aromatic nitrogens is 2. The van der Waals surface area contributed by atoms with Gasteiger partial charge in [-0.25, -0.2) is 4.98 Å². The van der Waals surface area contributed by atoms with E-state index in [9.17, 15) is 4.79 Å². The molecule has 1 aromatic heterocycles. The lowest BCUT2D eigenvalue weighted by Gasteiger charge is -2.26. The number of amides is 1. The van der Waals surface area contributed by atoms with Crippen molar-refractivity contribution >= 4 is 28.7 Å². The van der Waals surface area contributed by atoms with Crippen LogP contribution in [0.1, 0.15) is 32.6 Å². The summed E-state index contributed by atoms with van der Waals surface area (Å²) < 4.78 is 5.22. The van der Waals surface area contributed by atoms with Crippen molar-refractivity contribution in [3.8, 4) is 5.75 Å². The topological polar surface area (TPSA) is 58.2 Å². The molecule has 1 amide bonds. The summed E-state index contributed by atoms with van der Waals surface area (Å²) >= 11 is 1.45. The molecule has 3 rings (SSSR count). The van der Waals surface area contributed by atoms with Crippen LogP contribution < -0.4 is 4.74 Å². The van der Waals surface area contributed by atoms with E-state index in [1.165, 1.54) is 30.3 Å². The van der Waals surface area contributed by atoms with E-state index in [2.05, 4.69) is 16.0 Å². The van der Waals surface area contributed by atoms with Gasteiger partial charge in [0, 0.05) is 18.3 Å². The minimum atomic E-state index is 0.147. The van der Waals surface area contributed by atoms with Gasteiger partial charge >= 0.3 is 0 Å². The number of allylic oxidation sites excluding steroid dienone is 2. The average Bonchev–Trinajstić information content (AvgIpc) is 3.03. The third kappa shape index (κ3) is 3.75. The molecule has 0 bridgehead atoms. The van der Waals surface area contributed by atoms with Crippen LogP contribution in [-0.2, 0) is 4.79 Å². The molecule has 0 aliphatic heterocycles. The molecule has 128 valence electrons. The fourth-order valence-corrected chi connectivity index (χ4v) is 3.74. The number of rotatable bonds is 6. The molecule has 0 fully saturated rings. The first kappa shape index (κ1) is 16.9. The molecule has 0 saturated carbocycles. The molecule has 24 heavy (non-hydrogen) atoms. The van der Waals surface area contributed by atoms with Gasteiger partial charge in [-0.15, -0.1) is 0 Å². The number of methoxy groups -OCH3 is 1. The quantitative estimate of drug-likeness (QED) is 0.805. The van der Waals surface area contributed by atoms with Crippen LogP contribution in [0.25, 0.3) is 11.0 Å². The molecule has 0 saturated heterocycles. The fraction of sp³-hybridized carbons (Fsp3) is 0.444. The summed E-state index contributed by atoms with van der Waals surface area (Å²) in [6.45, 7) is 2.76. The molecule has 1 N–H and O–H groups in total. The maximum atomic E-state index is 12.6. The van der Waals surface area contributed by atoms with Crippen LogP contribution in [0.3, 0.4) is 0 Å². The lowest BCUT2D eigenvalue weighted by atomic mass is 10.0. The molecule has 0 radical (unpaired) electrons. The number of benzene rings is 1. The van der Waals surface area contributed by atoms with E-state index in [0.717, 1.165) is 41.3 Å². The van der Waals surface area contributed by atoms with E-state index in [-0.39, 0.29) is 5.91 Å². The number of carbonyl (C=O) groups excluding carboxylic acids is 1. The van der Waals surface area contributed by atoms with Crippen LogP contribution in [0.2, 0.25) is 0 Å². The molecule has 0 unspecified atom stereocenters. The highest BCUT2D eigenvalue weighted by Crippen LogP contribution is 2.25. The number of nitrogens with zero attached hydrogens (tertiary/aromatic N) is 2. The zero-order chi connectivity index (χ0) is 16.9. The van der Waals surface area contributed by atoms with Crippen molar-refractivity contribution in [2.75, 3.05) is 19.4 Å². The normalized spacial score (nSPS) is 14.5. The van der Waals surface area contributed by atoms with Crippen LogP contribution in [0.15, 0.2) is 35.1 Å². The van der Waals surface area contributed by atoms with Crippen molar-refractivity contribution in [2.24, 2.45) is 0 Å². The van der Waals surface area contributed by atoms with Gasteiger partial charge in [0.15, 0.2) is 5.16 Å². The van der Waals surface area contributed by atoms with Crippen molar-refractivity contribution < 1.29 is 9.53 Å². The number of ether oxygens (including phenoxy) is 1. The highest BCUT2D eigenvalue weighted by molar-refractivity contribution is 7.99. The van der Waals surface area contributed by atoms with Gasteiger partial charge in [-0.1, -0.05) is 17.8 Å². The van der Waals surface area contributed by atoms with E-state index < -0.39 is 0 Å². The maximum absolute atomic E-state index is 12.6. The molecule has 0 spiro atoms. The molecule has 1 aliphatic carbocycles. The SMILES string of the molecule is CCN(C(=O)CSc1nc2ccc(OC)cc2[nH]1)C1=CCCCC1. The van der Waals surface area contributed by atoms with Crippen molar-refractivity contribution in [3.63, 3.8) is 0 Å². The largest absolute Gasteiger partial charge is 0.497 e. The summed E-state index contributed by atoms with van der Waals surface area (Å²) in [6.07, 6.45) is 6.70. The number of aromatic amines is 1. The summed E-state index contributed by atoms with van der Waals surface area (Å²) in [6, 6.07) is 5.72. The number of fused-ring (bicyclic) bond motifs is 1. The van der Waals surface area contributed by atoms with Gasteiger partial charge in [-0.3, -0.25) is 4.79 Å².